The van der Waals surface area contributed by atoms with Crippen molar-refractivity contribution in [2.24, 2.45) is 5.92 Å². The second kappa shape index (κ2) is 14.3. The summed E-state index contributed by atoms with van der Waals surface area (Å²) in [6.07, 6.45) is 3.72. The SMILES string of the molecule is COc1cc2c(Oc3ccc(NC(=O)C(=O)NCCc4c(F)cccc4Cl)cc3F)ccnc2cc1OCC1CCNCC1. The van der Waals surface area contributed by atoms with Gasteiger partial charge in [0.05, 0.1) is 19.2 Å². The minimum atomic E-state index is -1.01. The van der Waals surface area contributed by atoms with Gasteiger partial charge in [-0.2, -0.15) is 0 Å². The lowest BCUT2D eigenvalue weighted by Gasteiger charge is -2.23. The topological polar surface area (TPSA) is 111 Å². The number of anilines is 1. The maximum Gasteiger partial charge on any atom is 0.313 e. The molecular weight excluding hydrogens is 594 g/mol. The van der Waals surface area contributed by atoms with E-state index in [0.29, 0.717) is 40.7 Å². The number of carbonyl (C=O) groups is 2. The maximum absolute atomic E-state index is 15.1. The van der Waals surface area contributed by atoms with Crippen LogP contribution in [0.25, 0.3) is 10.9 Å². The Kier molecular flexibility index (Phi) is 10.1. The summed E-state index contributed by atoms with van der Waals surface area (Å²) in [5.41, 5.74) is 0.856. The highest BCUT2D eigenvalue weighted by Gasteiger charge is 2.19. The molecule has 0 unspecified atom stereocenters. The standard InChI is InChI=1S/C32H31ClF2N4O5/c1-42-29-16-22-26(17-30(29)43-18-19-7-11-36-12-8-19)37-14-10-27(22)44-28-6-5-20(15-25(28)35)39-32(41)31(40)38-13-9-21-23(33)3-2-4-24(21)34/h2-6,10,14-17,19,36H,7-9,11-13,18H2,1H3,(H,38,40)(H,39,41). The lowest BCUT2D eigenvalue weighted by molar-refractivity contribution is -0.136. The van der Waals surface area contributed by atoms with Crippen LogP contribution in [-0.4, -0.2) is 50.1 Å². The van der Waals surface area contributed by atoms with Crippen LogP contribution >= 0.6 is 11.6 Å². The molecule has 230 valence electrons. The van der Waals surface area contributed by atoms with Crippen LogP contribution in [0.5, 0.6) is 23.0 Å². The van der Waals surface area contributed by atoms with Crippen molar-refractivity contribution >= 4 is 40.0 Å². The molecule has 0 radical (unpaired) electrons. The van der Waals surface area contributed by atoms with Gasteiger partial charge in [0.1, 0.15) is 11.6 Å². The van der Waals surface area contributed by atoms with E-state index >= 15 is 4.39 Å². The summed E-state index contributed by atoms with van der Waals surface area (Å²) in [5, 5.41) is 8.89. The number of hydrogen-bond donors (Lipinski definition) is 3. The van der Waals surface area contributed by atoms with Gasteiger partial charge in [-0.25, -0.2) is 8.78 Å². The summed E-state index contributed by atoms with van der Waals surface area (Å²) in [5.74, 6) is -1.50. The molecule has 0 atom stereocenters. The summed E-state index contributed by atoms with van der Waals surface area (Å²) in [4.78, 5) is 29.0. The molecule has 0 saturated carbocycles. The Bertz CT molecular complexity index is 1650. The molecule has 0 bridgehead atoms. The lowest BCUT2D eigenvalue weighted by Crippen LogP contribution is -2.36. The first-order valence-corrected chi connectivity index (χ1v) is 14.5. The van der Waals surface area contributed by atoms with Crippen LogP contribution in [0.1, 0.15) is 18.4 Å². The number of methoxy groups -OCH3 is 1. The molecule has 2 amide bonds. The molecular formula is C32H31ClF2N4O5. The van der Waals surface area contributed by atoms with E-state index in [1.54, 1.807) is 31.5 Å². The average molecular weight is 625 g/mol. The normalized spacial score (nSPS) is 13.4. The molecule has 1 fully saturated rings. The molecule has 12 heteroatoms. The zero-order valence-electron chi connectivity index (χ0n) is 23.9. The fourth-order valence-electron chi connectivity index (χ4n) is 4.87. The van der Waals surface area contributed by atoms with E-state index in [4.69, 9.17) is 25.8 Å². The van der Waals surface area contributed by atoms with Gasteiger partial charge in [-0.3, -0.25) is 14.6 Å². The zero-order chi connectivity index (χ0) is 31.1. The Labute approximate surface area is 257 Å². The van der Waals surface area contributed by atoms with E-state index in [9.17, 15) is 14.0 Å². The van der Waals surface area contributed by atoms with Crippen molar-refractivity contribution in [3.8, 4) is 23.0 Å². The third kappa shape index (κ3) is 7.53. The number of fused-ring (bicyclic) bond motifs is 1. The predicted octanol–water partition coefficient (Wildman–Crippen LogP) is 5.64. The number of amides is 2. The molecule has 2 heterocycles. The molecule has 4 aromatic rings. The van der Waals surface area contributed by atoms with Crippen LogP contribution in [0.4, 0.5) is 14.5 Å². The van der Waals surface area contributed by atoms with Gasteiger partial charge in [-0.1, -0.05) is 17.7 Å². The molecule has 3 aromatic carbocycles. The average Bonchev–Trinajstić information content (AvgIpc) is 3.02. The first kappa shape index (κ1) is 31.0. The van der Waals surface area contributed by atoms with E-state index in [-0.39, 0.29) is 35.0 Å². The van der Waals surface area contributed by atoms with Crippen molar-refractivity contribution in [3.05, 3.63) is 83.0 Å². The molecule has 0 spiro atoms. The number of benzene rings is 3. The van der Waals surface area contributed by atoms with Gasteiger partial charge in [0.15, 0.2) is 23.1 Å². The van der Waals surface area contributed by atoms with Crippen LogP contribution in [0.3, 0.4) is 0 Å². The fourth-order valence-corrected chi connectivity index (χ4v) is 5.12. The number of halogens is 3. The van der Waals surface area contributed by atoms with Crippen molar-refractivity contribution in [2.45, 2.75) is 19.3 Å². The molecule has 1 aliphatic rings. The summed E-state index contributed by atoms with van der Waals surface area (Å²) in [6, 6.07) is 13.2. The van der Waals surface area contributed by atoms with Gasteiger partial charge in [-0.05, 0) is 74.7 Å². The summed E-state index contributed by atoms with van der Waals surface area (Å²) >= 11 is 5.98. The Hall–Kier alpha value is -4.48. The Morgan fingerprint density at radius 2 is 1.80 bits per heavy atom. The molecule has 9 nitrogen and oxygen atoms in total. The van der Waals surface area contributed by atoms with Crippen molar-refractivity contribution in [1.29, 1.82) is 0 Å². The fraction of sp³-hybridized carbons (Fsp3) is 0.281. The lowest BCUT2D eigenvalue weighted by atomic mass is 9.99. The molecule has 0 aliphatic carbocycles. The molecule has 3 N–H and O–H groups in total. The van der Waals surface area contributed by atoms with E-state index in [1.807, 2.05) is 0 Å². The third-order valence-electron chi connectivity index (χ3n) is 7.26. The summed E-state index contributed by atoms with van der Waals surface area (Å²) in [7, 11) is 1.54. The van der Waals surface area contributed by atoms with Crippen molar-refractivity contribution in [3.63, 3.8) is 0 Å². The third-order valence-corrected chi connectivity index (χ3v) is 7.61. The number of pyridine rings is 1. The number of aromatic nitrogens is 1. The van der Waals surface area contributed by atoms with Crippen LogP contribution in [0.2, 0.25) is 5.02 Å². The molecule has 44 heavy (non-hydrogen) atoms. The second-order valence-corrected chi connectivity index (χ2v) is 10.6. The zero-order valence-corrected chi connectivity index (χ0v) is 24.7. The number of nitrogens with zero attached hydrogens (tertiary/aromatic N) is 1. The molecule has 5 rings (SSSR count). The highest BCUT2D eigenvalue weighted by atomic mass is 35.5. The second-order valence-electron chi connectivity index (χ2n) is 10.2. The van der Waals surface area contributed by atoms with Crippen LogP contribution in [0.15, 0.2) is 60.8 Å². The van der Waals surface area contributed by atoms with Crippen LogP contribution in [0, 0.1) is 17.6 Å². The number of nitrogens with one attached hydrogen (secondary N) is 3. The smallest absolute Gasteiger partial charge is 0.313 e. The number of rotatable bonds is 10. The Morgan fingerprint density at radius 3 is 2.55 bits per heavy atom. The first-order valence-electron chi connectivity index (χ1n) is 14.1. The number of hydrogen-bond acceptors (Lipinski definition) is 7. The Morgan fingerprint density at radius 1 is 0.977 bits per heavy atom. The van der Waals surface area contributed by atoms with E-state index < -0.39 is 23.4 Å². The molecule has 1 aromatic heterocycles. The monoisotopic (exact) mass is 624 g/mol. The van der Waals surface area contributed by atoms with Crippen LogP contribution < -0.4 is 30.2 Å². The number of piperidine rings is 1. The van der Waals surface area contributed by atoms with Gasteiger partial charge < -0.3 is 30.2 Å². The minimum Gasteiger partial charge on any atom is -0.493 e. The summed E-state index contributed by atoms with van der Waals surface area (Å²) in [6.45, 7) is 2.49. The van der Waals surface area contributed by atoms with Gasteiger partial charge in [-0.15, -0.1) is 0 Å². The quantitative estimate of drug-likeness (QED) is 0.196. The minimum absolute atomic E-state index is 0.0232. The van der Waals surface area contributed by atoms with E-state index in [2.05, 4.69) is 20.9 Å². The van der Waals surface area contributed by atoms with Gasteiger partial charge in [0.2, 0.25) is 0 Å². The predicted molar refractivity (Wildman–Crippen MR) is 163 cm³/mol. The van der Waals surface area contributed by atoms with E-state index in [0.717, 1.165) is 32.0 Å². The largest absolute Gasteiger partial charge is 0.493 e. The first-order chi connectivity index (χ1) is 21.3. The van der Waals surface area contributed by atoms with Crippen LogP contribution in [-0.2, 0) is 16.0 Å². The number of carbonyl (C=O) groups excluding carboxylic acids is 2. The van der Waals surface area contributed by atoms with Gasteiger partial charge in [0.25, 0.3) is 0 Å². The van der Waals surface area contributed by atoms with Crippen molar-refractivity contribution in [1.82, 2.24) is 15.6 Å². The van der Waals surface area contributed by atoms with Gasteiger partial charge >= 0.3 is 11.8 Å². The van der Waals surface area contributed by atoms with Crippen molar-refractivity contribution < 1.29 is 32.6 Å². The maximum atomic E-state index is 15.1. The highest BCUT2D eigenvalue weighted by Crippen LogP contribution is 2.38. The highest BCUT2D eigenvalue weighted by molar-refractivity contribution is 6.39. The van der Waals surface area contributed by atoms with Gasteiger partial charge in [0, 0.05) is 46.5 Å². The van der Waals surface area contributed by atoms with E-state index in [1.165, 1.54) is 30.3 Å². The number of ether oxygens (including phenoxy) is 3. The molecule has 1 saturated heterocycles. The molecule has 1 aliphatic heterocycles. The van der Waals surface area contributed by atoms with Crippen molar-refractivity contribution in [2.75, 3.05) is 38.7 Å². The summed E-state index contributed by atoms with van der Waals surface area (Å²) < 4.78 is 46.5. The Balaban J connectivity index is 1.22.